The van der Waals surface area contributed by atoms with Crippen molar-refractivity contribution in [2.24, 2.45) is 5.92 Å². The minimum atomic E-state index is -0.918. The SMILES string of the molecule is Cc1ccc(C(=O)N[C@H](C(=O)OCC(=O)N2CC(=O)Nc3ccccc32)C(C)C)cc1. The summed E-state index contributed by atoms with van der Waals surface area (Å²) < 4.78 is 5.21. The first-order chi connectivity index (χ1) is 14.8. The minimum absolute atomic E-state index is 0.162. The molecule has 0 saturated heterocycles. The molecule has 8 heteroatoms. The van der Waals surface area contributed by atoms with Gasteiger partial charge in [0.05, 0.1) is 11.4 Å². The Balaban J connectivity index is 1.64. The maximum Gasteiger partial charge on any atom is 0.329 e. The zero-order valence-corrected chi connectivity index (χ0v) is 17.7. The van der Waals surface area contributed by atoms with Crippen molar-refractivity contribution < 1.29 is 23.9 Å². The number of hydrogen-bond acceptors (Lipinski definition) is 5. The average Bonchev–Trinajstić information content (AvgIpc) is 2.75. The smallest absolute Gasteiger partial charge is 0.329 e. The van der Waals surface area contributed by atoms with Crippen LogP contribution >= 0.6 is 0 Å². The third-order valence-electron chi connectivity index (χ3n) is 4.93. The molecule has 0 aliphatic carbocycles. The van der Waals surface area contributed by atoms with Gasteiger partial charge in [-0.3, -0.25) is 19.3 Å². The molecule has 0 bridgehead atoms. The Labute approximate surface area is 180 Å². The molecule has 0 aromatic heterocycles. The number of ether oxygens (including phenoxy) is 1. The van der Waals surface area contributed by atoms with Crippen molar-refractivity contribution in [2.75, 3.05) is 23.4 Å². The molecule has 1 heterocycles. The van der Waals surface area contributed by atoms with Gasteiger partial charge in [0.2, 0.25) is 5.91 Å². The average molecular weight is 423 g/mol. The van der Waals surface area contributed by atoms with Crippen LogP contribution < -0.4 is 15.5 Å². The molecule has 3 rings (SSSR count). The summed E-state index contributed by atoms with van der Waals surface area (Å²) in [4.78, 5) is 50.9. The number of carbonyl (C=O) groups is 4. The van der Waals surface area contributed by atoms with E-state index < -0.39 is 30.4 Å². The number of anilines is 2. The number of rotatable bonds is 6. The lowest BCUT2D eigenvalue weighted by Crippen LogP contribution is -2.47. The fourth-order valence-corrected chi connectivity index (χ4v) is 3.18. The summed E-state index contributed by atoms with van der Waals surface area (Å²) in [6, 6.07) is 12.9. The number of nitrogens with zero attached hydrogens (tertiary/aromatic N) is 1. The molecule has 0 fully saturated rings. The number of benzene rings is 2. The van der Waals surface area contributed by atoms with Crippen LogP contribution in [0.1, 0.15) is 29.8 Å². The highest BCUT2D eigenvalue weighted by Crippen LogP contribution is 2.28. The van der Waals surface area contributed by atoms with Gasteiger partial charge in [-0.1, -0.05) is 43.7 Å². The normalized spacial score (nSPS) is 13.8. The van der Waals surface area contributed by atoms with Gasteiger partial charge in [-0.15, -0.1) is 0 Å². The van der Waals surface area contributed by atoms with Gasteiger partial charge in [0.1, 0.15) is 12.6 Å². The molecule has 162 valence electrons. The Morgan fingerprint density at radius 2 is 1.77 bits per heavy atom. The molecule has 0 spiro atoms. The maximum atomic E-state index is 12.7. The van der Waals surface area contributed by atoms with Crippen LogP contribution in [0.3, 0.4) is 0 Å². The molecule has 2 aromatic rings. The summed E-state index contributed by atoms with van der Waals surface area (Å²) in [5, 5.41) is 5.37. The molecule has 1 aliphatic rings. The summed E-state index contributed by atoms with van der Waals surface area (Å²) in [6.45, 7) is 4.76. The van der Waals surface area contributed by atoms with Crippen molar-refractivity contribution in [3.05, 3.63) is 59.7 Å². The van der Waals surface area contributed by atoms with Gasteiger partial charge in [0, 0.05) is 5.56 Å². The van der Waals surface area contributed by atoms with Crippen LogP contribution in [0.25, 0.3) is 0 Å². The molecular formula is C23H25N3O5. The van der Waals surface area contributed by atoms with Crippen LogP contribution in [-0.4, -0.2) is 42.9 Å². The Morgan fingerprint density at radius 1 is 1.10 bits per heavy atom. The van der Waals surface area contributed by atoms with E-state index in [-0.39, 0.29) is 18.4 Å². The number of fused-ring (bicyclic) bond motifs is 1. The third-order valence-corrected chi connectivity index (χ3v) is 4.93. The summed E-state index contributed by atoms with van der Waals surface area (Å²) in [7, 11) is 0. The monoisotopic (exact) mass is 423 g/mol. The third kappa shape index (κ3) is 5.28. The van der Waals surface area contributed by atoms with Crippen LogP contribution in [0.4, 0.5) is 11.4 Å². The van der Waals surface area contributed by atoms with Gasteiger partial charge >= 0.3 is 5.97 Å². The fourth-order valence-electron chi connectivity index (χ4n) is 3.18. The van der Waals surface area contributed by atoms with Crippen molar-refractivity contribution in [2.45, 2.75) is 26.8 Å². The van der Waals surface area contributed by atoms with E-state index >= 15 is 0 Å². The molecule has 0 radical (unpaired) electrons. The van der Waals surface area contributed by atoms with E-state index in [9.17, 15) is 19.2 Å². The highest BCUT2D eigenvalue weighted by molar-refractivity contribution is 6.10. The zero-order valence-electron chi connectivity index (χ0n) is 17.7. The molecule has 8 nitrogen and oxygen atoms in total. The molecule has 2 aromatic carbocycles. The molecular weight excluding hydrogens is 398 g/mol. The first-order valence-electron chi connectivity index (χ1n) is 9.99. The van der Waals surface area contributed by atoms with Gasteiger partial charge < -0.3 is 15.4 Å². The van der Waals surface area contributed by atoms with E-state index in [1.807, 2.05) is 19.1 Å². The fraction of sp³-hybridized carbons (Fsp3) is 0.304. The Hall–Kier alpha value is -3.68. The first kappa shape index (κ1) is 22.0. The quantitative estimate of drug-likeness (QED) is 0.694. The second-order valence-corrected chi connectivity index (χ2v) is 7.71. The topological polar surface area (TPSA) is 105 Å². The molecule has 0 saturated carbocycles. The lowest BCUT2D eigenvalue weighted by Gasteiger charge is -2.29. The number of para-hydroxylation sites is 2. The van der Waals surface area contributed by atoms with Crippen molar-refractivity contribution in [1.82, 2.24) is 5.32 Å². The van der Waals surface area contributed by atoms with Gasteiger partial charge in [-0.05, 0) is 37.1 Å². The second kappa shape index (κ2) is 9.42. The van der Waals surface area contributed by atoms with Crippen molar-refractivity contribution >= 4 is 35.1 Å². The number of nitrogens with one attached hydrogen (secondary N) is 2. The number of esters is 1. The van der Waals surface area contributed by atoms with Crippen molar-refractivity contribution in [3.8, 4) is 0 Å². The molecule has 2 N–H and O–H groups in total. The number of amides is 3. The van der Waals surface area contributed by atoms with E-state index in [1.165, 1.54) is 4.90 Å². The highest BCUT2D eigenvalue weighted by atomic mass is 16.5. The number of aryl methyl sites for hydroxylation is 1. The van der Waals surface area contributed by atoms with Crippen LogP contribution in [0.2, 0.25) is 0 Å². The van der Waals surface area contributed by atoms with E-state index in [2.05, 4.69) is 10.6 Å². The van der Waals surface area contributed by atoms with E-state index in [0.29, 0.717) is 16.9 Å². The standard InChI is InChI=1S/C23H25N3O5/c1-14(2)21(25-22(29)16-10-8-15(3)9-11-16)23(30)31-13-20(28)26-12-19(27)24-17-6-4-5-7-18(17)26/h4-11,14,21H,12-13H2,1-3H3,(H,24,27)(H,25,29)/t21-/m0/s1. The van der Waals surface area contributed by atoms with Crippen LogP contribution in [0.5, 0.6) is 0 Å². The summed E-state index contributed by atoms with van der Waals surface area (Å²) >= 11 is 0. The van der Waals surface area contributed by atoms with E-state index in [1.54, 1.807) is 50.2 Å². The minimum Gasteiger partial charge on any atom is -0.454 e. The van der Waals surface area contributed by atoms with Crippen LogP contribution in [0.15, 0.2) is 48.5 Å². The summed E-state index contributed by atoms with van der Waals surface area (Å²) in [6.07, 6.45) is 0. The largest absolute Gasteiger partial charge is 0.454 e. The van der Waals surface area contributed by atoms with Crippen molar-refractivity contribution in [1.29, 1.82) is 0 Å². The van der Waals surface area contributed by atoms with Gasteiger partial charge in [-0.2, -0.15) is 0 Å². The number of carbonyl (C=O) groups excluding carboxylic acids is 4. The molecule has 1 atom stereocenters. The summed E-state index contributed by atoms with van der Waals surface area (Å²) in [5.41, 5.74) is 2.50. The predicted molar refractivity (Wildman–Crippen MR) is 116 cm³/mol. The Kier molecular flexibility index (Phi) is 6.69. The lowest BCUT2D eigenvalue weighted by molar-refractivity contribution is -0.150. The van der Waals surface area contributed by atoms with Gasteiger partial charge in [0.15, 0.2) is 6.61 Å². The van der Waals surface area contributed by atoms with Crippen molar-refractivity contribution in [3.63, 3.8) is 0 Å². The predicted octanol–water partition coefficient (Wildman–Crippen LogP) is 2.28. The highest BCUT2D eigenvalue weighted by Gasteiger charge is 2.30. The van der Waals surface area contributed by atoms with Gasteiger partial charge in [-0.25, -0.2) is 4.79 Å². The zero-order chi connectivity index (χ0) is 22.5. The Morgan fingerprint density at radius 3 is 2.45 bits per heavy atom. The second-order valence-electron chi connectivity index (χ2n) is 7.71. The van der Waals surface area contributed by atoms with Crippen LogP contribution in [0, 0.1) is 12.8 Å². The molecule has 0 unspecified atom stereocenters. The van der Waals surface area contributed by atoms with E-state index in [0.717, 1.165) is 5.56 Å². The molecule has 3 amide bonds. The maximum absolute atomic E-state index is 12.7. The summed E-state index contributed by atoms with van der Waals surface area (Å²) in [5.74, 6) is -2.22. The van der Waals surface area contributed by atoms with Crippen LogP contribution in [-0.2, 0) is 19.1 Å². The lowest BCUT2D eigenvalue weighted by atomic mass is 10.0. The van der Waals surface area contributed by atoms with E-state index in [4.69, 9.17) is 4.74 Å². The Bertz CT molecular complexity index is 1000. The molecule has 31 heavy (non-hydrogen) atoms. The molecule has 1 aliphatic heterocycles. The van der Waals surface area contributed by atoms with Gasteiger partial charge in [0.25, 0.3) is 11.8 Å². The first-order valence-corrected chi connectivity index (χ1v) is 9.99. The number of hydrogen-bond donors (Lipinski definition) is 2.